The second kappa shape index (κ2) is 7.89. The van der Waals surface area contributed by atoms with E-state index in [-0.39, 0.29) is 11.3 Å². The molecule has 0 radical (unpaired) electrons. The Bertz CT molecular complexity index is 1250. The number of hydrogen-bond acceptors (Lipinski definition) is 5. The van der Waals surface area contributed by atoms with Gasteiger partial charge in [-0.05, 0) is 42.0 Å². The number of fused-ring (bicyclic) bond motifs is 1. The third kappa shape index (κ3) is 3.12. The molecular weight excluding hydrogens is 406 g/mol. The van der Waals surface area contributed by atoms with Gasteiger partial charge in [0.05, 0.1) is 25.3 Å². The Hall–Kier alpha value is -4.06. The lowest BCUT2D eigenvalue weighted by atomic mass is 9.94. The van der Waals surface area contributed by atoms with E-state index in [4.69, 9.17) is 9.47 Å². The Morgan fingerprint density at radius 3 is 2.56 bits per heavy atom. The summed E-state index contributed by atoms with van der Waals surface area (Å²) in [5.41, 5.74) is 2.64. The van der Waals surface area contributed by atoms with Gasteiger partial charge < -0.3 is 14.6 Å². The van der Waals surface area contributed by atoms with Crippen LogP contribution >= 0.6 is 0 Å². The second-order valence-electron chi connectivity index (χ2n) is 7.67. The number of para-hydroxylation sites is 2. The zero-order valence-corrected chi connectivity index (χ0v) is 17.4. The van der Waals surface area contributed by atoms with Gasteiger partial charge in [0.1, 0.15) is 17.3 Å². The summed E-state index contributed by atoms with van der Waals surface area (Å²) < 4.78 is 11.1. The molecule has 1 fully saturated rings. The quantitative estimate of drug-likeness (QED) is 0.383. The van der Waals surface area contributed by atoms with Gasteiger partial charge in [-0.25, -0.2) is 0 Å². The Kier molecular flexibility index (Phi) is 4.90. The number of amides is 1. The summed E-state index contributed by atoms with van der Waals surface area (Å²) >= 11 is 0. The Morgan fingerprint density at radius 2 is 1.78 bits per heavy atom. The van der Waals surface area contributed by atoms with Crippen molar-refractivity contribution in [1.82, 2.24) is 0 Å². The molecule has 1 atom stereocenters. The SMILES string of the molecule is COc1ccccc1C1/C(=C(\O)c2ccc3c(c2)CCO3)C(=O)C(=O)N1c1ccccc1. The molecule has 32 heavy (non-hydrogen) atoms. The first kappa shape index (κ1) is 19.9. The van der Waals surface area contributed by atoms with Crippen LogP contribution in [0, 0.1) is 0 Å². The van der Waals surface area contributed by atoms with Crippen LogP contribution in [-0.4, -0.2) is 30.5 Å². The highest BCUT2D eigenvalue weighted by Crippen LogP contribution is 2.45. The van der Waals surface area contributed by atoms with Crippen LogP contribution in [0.3, 0.4) is 0 Å². The smallest absolute Gasteiger partial charge is 0.300 e. The van der Waals surface area contributed by atoms with Crippen molar-refractivity contribution in [2.45, 2.75) is 12.5 Å². The molecule has 5 rings (SSSR count). The highest BCUT2D eigenvalue weighted by atomic mass is 16.5. The average Bonchev–Trinajstić information content (AvgIpc) is 3.41. The molecule has 6 nitrogen and oxygen atoms in total. The van der Waals surface area contributed by atoms with E-state index >= 15 is 0 Å². The summed E-state index contributed by atoms with van der Waals surface area (Å²) in [4.78, 5) is 27.9. The molecule has 1 N–H and O–H groups in total. The van der Waals surface area contributed by atoms with E-state index in [1.54, 1.807) is 48.5 Å². The van der Waals surface area contributed by atoms with Crippen LogP contribution in [0.2, 0.25) is 0 Å². The fourth-order valence-electron chi connectivity index (χ4n) is 4.36. The van der Waals surface area contributed by atoms with Crippen molar-refractivity contribution in [3.8, 4) is 11.5 Å². The van der Waals surface area contributed by atoms with Gasteiger partial charge in [0, 0.05) is 23.2 Å². The fraction of sp³-hybridized carbons (Fsp3) is 0.154. The average molecular weight is 427 g/mol. The molecule has 3 aromatic rings. The maximum absolute atomic E-state index is 13.2. The number of rotatable bonds is 4. The summed E-state index contributed by atoms with van der Waals surface area (Å²) in [5, 5.41) is 11.3. The van der Waals surface area contributed by atoms with Gasteiger partial charge >= 0.3 is 0 Å². The monoisotopic (exact) mass is 427 g/mol. The molecule has 2 heterocycles. The molecule has 1 amide bonds. The van der Waals surface area contributed by atoms with E-state index in [0.29, 0.717) is 29.2 Å². The largest absolute Gasteiger partial charge is 0.507 e. The lowest BCUT2D eigenvalue weighted by Gasteiger charge is -2.26. The lowest BCUT2D eigenvalue weighted by molar-refractivity contribution is -0.132. The summed E-state index contributed by atoms with van der Waals surface area (Å²) in [6.45, 7) is 0.583. The lowest BCUT2D eigenvalue weighted by Crippen LogP contribution is -2.29. The highest BCUT2D eigenvalue weighted by molar-refractivity contribution is 6.51. The van der Waals surface area contributed by atoms with Gasteiger partial charge in [0.15, 0.2) is 0 Å². The van der Waals surface area contributed by atoms with Crippen molar-refractivity contribution in [2.75, 3.05) is 18.6 Å². The summed E-state index contributed by atoms with van der Waals surface area (Å²) in [7, 11) is 1.54. The number of ether oxygens (including phenoxy) is 2. The Labute approximate surface area is 185 Å². The molecule has 0 aromatic heterocycles. The van der Waals surface area contributed by atoms with E-state index in [1.165, 1.54) is 12.0 Å². The van der Waals surface area contributed by atoms with E-state index in [0.717, 1.165) is 17.7 Å². The first-order valence-electron chi connectivity index (χ1n) is 10.3. The normalized spacial score (nSPS) is 19.0. The van der Waals surface area contributed by atoms with Crippen LogP contribution in [0.25, 0.3) is 5.76 Å². The van der Waals surface area contributed by atoms with E-state index in [1.807, 2.05) is 24.3 Å². The maximum Gasteiger partial charge on any atom is 0.300 e. The molecule has 160 valence electrons. The van der Waals surface area contributed by atoms with Crippen molar-refractivity contribution in [3.05, 3.63) is 95.1 Å². The summed E-state index contributed by atoms with van der Waals surface area (Å²) in [5.74, 6) is -0.356. The number of aliphatic hydroxyl groups is 1. The van der Waals surface area contributed by atoms with Gasteiger partial charge in [0.2, 0.25) is 0 Å². The van der Waals surface area contributed by atoms with Crippen LogP contribution in [0.5, 0.6) is 11.5 Å². The molecular formula is C26H21NO5. The molecule has 0 saturated carbocycles. The van der Waals surface area contributed by atoms with E-state index in [2.05, 4.69) is 0 Å². The molecule has 0 spiro atoms. The predicted molar refractivity (Wildman–Crippen MR) is 120 cm³/mol. The van der Waals surface area contributed by atoms with Crippen molar-refractivity contribution >= 4 is 23.1 Å². The molecule has 3 aromatic carbocycles. The minimum absolute atomic E-state index is 0.0298. The summed E-state index contributed by atoms with van der Waals surface area (Å²) in [6.07, 6.45) is 0.727. The molecule has 1 saturated heterocycles. The number of aliphatic hydroxyl groups excluding tert-OH is 1. The Balaban J connectivity index is 1.73. The van der Waals surface area contributed by atoms with Crippen LogP contribution in [0.4, 0.5) is 5.69 Å². The number of carbonyl (C=O) groups excluding carboxylic acids is 2. The van der Waals surface area contributed by atoms with Gasteiger partial charge in [-0.1, -0.05) is 36.4 Å². The maximum atomic E-state index is 13.2. The van der Waals surface area contributed by atoms with Crippen LogP contribution in [-0.2, 0) is 16.0 Å². The number of hydrogen-bond donors (Lipinski definition) is 1. The molecule has 0 bridgehead atoms. The van der Waals surface area contributed by atoms with Crippen molar-refractivity contribution in [2.24, 2.45) is 0 Å². The number of carbonyl (C=O) groups is 2. The first-order valence-corrected chi connectivity index (χ1v) is 10.3. The number of nitrogens with zero attached hydrogens (tertiary/aromatic N) is 1. The first-order chi connectivity index (χ1) is 15.6. The third-order valence-corrected chi connectivity index (χ3v) is 5.88. The minimum Gasteiger partial charge on any atom is -0.507 e. The topological polar surface area (TPSA) is 76.1 Å². The number of anilines is 1. The number of methoxy groups -OCH3 is 1. The second-order valence-corrected chi connectivity index (χ2v) is 7.67. The number of ketones is 1. The third-order valence-electron chi connectivity index (χ3n) is 5.88. The predicted octanol–water partition coefficient (Wildman–Crippen LogP) is 4.26. The number of Topliss-reactive ketones (excluding diaryl/α,β-unsaturated/α-hetero) is 1. The van der Waals surface area contributed by atoms with Gasteiger partial charge in [-0.2, -0.15) is 0 Å². The molecule has 2 aliphatic rings. The van der Waals surface area contributed by atoms with Gasteiger partial charge in [0.25, 0.3) is 11.7 Å². The molecule has 0 aliphatic carbocycles. The fourth-order valence-corrected chi connectivity index (χ4v) is 4.36. The molecule has 2 aliphatic heterocycles. The minimum atomic E-state index is -0.835. The van der Waals surface area contributed by atoms with Gasteiger partial charge in [-0.15, -0.1) is 0 Å². The highest BCUT2D eigenvalue weighted by Gasteiger charge is 2.47. The standard InChI is InChI=1S/C26H21NO5/c1-31-21-10-6-5-9-19(21)23-22(24(28)17-11-12-20-16(15-17)13-14-32-20)25(29)26(30)27(23)18-7-3-2-4-8-18/h2-12,15,23,28H,13-14H2,1H3/b24-22+. The van der Waals surface area contributed by atoms with Crippen LogP contribution < -0.4 is 14.4 Å². The zero-order valence-electron chi connectivity index (χ0n) is 17.4. The van der Waals surface area contributed by atoms with Crippen molar-refractivity contribution in [1.29, 1.82) is 0 Å². The van der Waals surface area contributed by atoms with Crippen LogP contribution in [0.15, 0.2) is 78.4 Å². The molecule has 6 heteroatoms. The summed E-state index contributed by atoms with van der Waals surface area (Å²) in [6, 6.07) is 20.6. The van der Waals surface area contributed by atoms with Crippen molar-refractivity contribution < 1.29 is 24.2 Å². The van der Waals surface area contributed by atoms with E-state index in [9.17, 15) is 14.7 Å². The number of benzene rings is 3. The van der Waals surface area contributed by atoms with Gasteiger partial charge in [-0.3, -0.25) is 14.5 Å². The zero-order chi connectivity index (χ0) is 22.2. The van der Waals surface area contributed by atoms with Crippen LogP contribution in [0.1, 0.15) is 22.7 Å². The van der Waals surface area contributed by atoms with E-state index < -0.39 is 17.7 Å². The van der Waals surface area contributed by atoms with Crippen molar-refractivity contribution in [3.63, 3.8) is 0 Å². The Morgan fingerprint density at radius 1 is 1.03 bits per heavy atom. The molecule has 1 unspecified atom stereocenters.